The highest BCUT2D eigenvalue weighted by Gasteiger charge is 2.17. The number of benzene rings is 1. The first kappa shape index (κ1) is 14.4. The van der Waals surface area contributed by atoms with Crippen molar-refractivity contribution < 1.29 is 8.42 Å². The first-order valence-electron chi connectivity index (χ1n) is 6.26. The lowest BCUT2D eigenvalue weighted by atomic mass is 10.3. The molecule has 0 aliphatic carbocycles. The normalized spacial score (nSPS) is 11.3. The Morgan fingerprint density at radius 1 is 1.35 bits per heavy atom. The minimum atomic E-state index is -3.63. The van der Waals surface area contributed by atoms with E-state index < -0.39 is 10.0 Å². The fourth-order valence-electron chi connectivity index (χ4n) is 1.72. The van der Waals surface area contributed by atoms with Crippen molar-refractivity contribution in [1.82, 2.24) is 9.97 Å². The monoisotopic (exact) mass is 294 g/mol. The Hall–Kier alpha value is -2.02. The summed E-state index contributed by atoms with van der Waals surface area (Å²) >= 11 is 0. The van der Waals surface area contributed by atoms with Crippen LogP contribution in [0.5, 0.6) is 0 Å². The zero-order valence-electron chi connectivity index (χ0n) is 11.7. The molecule has 2 aromatic rings. The maximum Gasteiger partial charge on any atom is 0.278 e. The molecule has 1 heterocycles. The van der Waals surface area contributed by atoms with Gasteiger partial charge in [0.25, 0.3) is 10.0 Å². The van der Waals surface area contributed by atoms with Gasteiger partial charge in [0.2, 0.25) is 0 Å². The molecule has 0 atom stereocenters. The van der Waals surface area contributed by atoms with Crippen molar-refractivity contribution in [2.75, 3.05) is 23.7 Å². The van der Waals surface area contributed by atoms with Gasteiger partial charge in [-0.2, -0.15) is 8.42 Å². The van der Waals surface area contributed by atoms with Crippen LogP contribution in [0.1, 0.15) is 12.7 Å². The number of hydrogen-bond acceptors (Lipinski definition) is 4. The van der Waals surface area contributed by atoms with Crippen molar-refractivity contribution in [3.05, 3.63) is 36.3 Å². The summed E-state index contributed by atoms with van der Waals surface area (Å²) in [6.07, 6.45) is 1.99. The molecule has 1 aromatic carbocycles. The van der Waals surface area contributed by atoms with E-state index in [9.17, 15) is 8.42 Å². The largest absolute Gasteiger partial charge is 0.378 e. The highest BCUT2D eigenvalue weighted by Crippen LogP contribution is 2.20. The molecule has 20 heavy (non-hydrogen) atoms. The molecule has 0 aliphatic rings. The summed E-state index contributed by atoms with van der Waals surface area (Å²) in [7, 11) is 0.166. The van der Waals surface area contributed by atoms with Crippen molar-refractivity contribution in [3.8, 4) is 0 Å². The van der Waals surface area contributed by atoms with Crippen molar-refractivity contribution in [1.29, 1.82) is 0 Å². The van der Waals surface area contributed by atoms with Crippen LogP contribution in [0.3, 0.4) is 0 Å². The topological polar surface area (TPSA) is 78.1 Å². The van der Waals surface area contributed by atoms with Gasteiger partial charge in [0.05, 0.1) is 11.9 Å². The van der Waals surface area contributed by atoms with Gasteiger partial charge in [0.15, 0.2) is 5.03 Å². The van der Waals surface area contributed by atoms with Crippen molar-refractivity contribution in [2.45, 2.75) is 18.4 Å². The second-order valence-electron chi connectivity index (χ2n) is 4.60. The van der Waals surface area contributed by atoms with Gasteiger partial charge in [0.1, 0.15) is 5.82 Å². The summed E-state index contributed by atoms with van der Waals surface area (Å²) in [5.74, 6) is 0.646. The number of imidazole rings is 1. The SMILES string of the molecule is CCc1ncc(S(=O)(=O)Nc2cccc(N(C)C)c2)[nH]1. The molecule has 0 saturated heterocycles. The molecule has 0 bridgehead atoms. The van der Waals surface area contributed by atoms with E-state index in [0.717, 1.165) is 5.69 Å². The maximum absolute atomic E-state index is 12.2. The average Bonchev–Trinajstić information content (AvgIpc) is 2.88. The highest BCUT2D eigenvalue weighted by molar-refractivity contribution is 7.92. The van der Waals surface area contributed by atoms with Gasteiger partial charge in [-0.05, 0) is 18.2 Å². The number of sulfonamides is 1. The summed E-state index contributed by atoms with van der Waals surface area (Å²) in [6, 6.07) is 7.19. The standard InChI is InChI=1S/C13H18N4O2S/c1-4-12-14-9-13(15-12)20(18,19)16-10-6-5-7-11(8-10)17(2)3/h5-9,16H,4H2,1-3H3,(H,14,15). The molecule has 0 amide bonds. The number of nitrogens with one attached hydrogen (secondary N) is 2. The summed E-state index contributed by atoms with van der Waals surface area (Å²) in [6.45, 7) is 1.91. The van der Waals surface area contributed by atoms with Crippen LogP contribution < -0.4 is 9.62 Å². The average molecular weight is 294 g/mol. The first-order chi connectivity index (χ1) is 9.42. The Kier molecular flexibility index (Phi) is 3.99. The number of aromatic nitrogens is 2. The van der Waals surface area contributed by atoms with E-state index >= 15 is 0 Å². The third kappa shape index (κ3) is 3.11. The van der Waals surface area contributed by atoms with Crippen LogP contribution in [0.2, 0.25) is 0 Å². The molecule has 0 unspecified atom stereocenters. The number of hydrogen-bond donors (Lipinski definition) is 2. The Morgan fingerprint density at radius 3 is 2.70 bits per heavy atom. The lowest BCUT2D eigenvalue weighted by Crippen LogP contribution is -2.14. The molecule has 0 radical (unpaired) electrons. The number of nitrogens with zero attached hydrogens (tertiary/aromatic N) is 2. The van der Waals surface area contributed by atoms with Gasteiger partial charge in [-0.25, -0.2) is 4.98 Å². The van der Waals surface area contributed by atoms with Crippen molar-refractivity contribution in [3.63, 3.8) is 0 Å². The quantitative estimate of drug-likeness (QED) is 0.882. The molecule has 6 nitrogen and oxygen atoms in total. The number of aryl methyl sites for hydroxylation is 1. The molecule has 0 aliphatic heterocycles. The summed E-state index contributed by atoms with van der Waals surface area (Å²) in [4.78, 5) is 8.70. The predicted molar refractivity (Wildman–Crippen MR) is 79.5 cm³/mol. The van der Waals surface area contributed by atoms with E-state index in [2.05, 4.69) is 14.7 Å². The number of aromatic amines is 1. The van der Waals surface area contributed by atoms with Gasteiger partial charge in [0, 0.05) is 26.2 Å². The van der Waals surface area contributed by atoms with Crippen LogP contribution in [0, 0.1) is 0 Å². The van der Waals surface area contributed by atoms with Gasteiger partial charge in [-0.15, -0.1) is 0 Å². The van der Waals surface area contributed by atoms with E-state index in [1.165, 1.54) is 6.20 Å². The van der Waals surface area contributed by atoms with E-state index in [0.29, 0.717) is 17.9 Å². The summed E-state index contributed by atoms with van der Waals surface area (Å²) in [5, 5.41) is 0.0737. The zero-order chi connectivity index (χ0) is 14.8. The molecule has 7 heteroatoms. The molecule has 1 aromatic heterocycles. The molecule has 2 rings (SSSR count). The smallest absolute Gasteiger partial charge is 0.278 e. The lowest BCUT2D eigenvalue weighted by Gasteiger charge is -2.14. The van der Waals surface area contributed by atoms with E-state index in [-0.39, 0.29) is 5.03 Å². The van der Waals surface area contributed by atoms with Gasteiger partial charge in [-0.3, -0.25) is 4.72 Å². The first-order valence-corrected chi connectivity index (χ1v) is 7.75. The van der Waals surface area contributed by atoms with Crippen LogP contribution in [0.4, 0.5) is 11.4 Å². The van der Waals surface area contributed by atoms with Crippen molar-refractivity contribution >= 4 is 21.4 Å². The molecule has 0 saturated carbocycles. The Labute approximate surface area is 118 Å². The molecule has 2 N–H and O–H groups in total. The fourth-order valence-corrected chi connectivity index (χ4v) is 2.71. The minimum Gasteiger partial charge on any atom is -0.378 e. The number of H-pyrrole nitrogens is 1. The third-order valence-electron chi connectivity index (χ3n) is 2.84. The van der Waals surface area contributed by atoms with E-state index in [1.807, 2.05) is 32.0 Å². The van der Waals surface area contributed by atoms with Crippen molar-refractivity contribution in [2.24, 2.45) is 0 Å². The molecule has 108 valence electrons. The van der Waals surface area contributed by atoms with Crippen LogP contribution >= 0.6 is 0 Å². The Bertz CT molecular complexity index is 692. The summed E-state index contributed by atoms with van der Waals surface area (Å²) < 4.78 is 27.0. The maximum atomic E-state index is 12.2. The highest BCUT2D eigenvalue weighted by atomic mass is 32.2. The third-order valence-corrected chi connectivity index (χ3v) is 4.14. The van der Waals surface area contributed by atoms with E-state index in [1.54, 1.807) is 18.2 Å². The van der Waals surface area contributed by atoms with Gasteiger partial charge < -0.3 is 9.88 Å². The second kappa shape index (κ2) is 5.54. The molecular formula is C13H18N4O2S. The molecular weight excluding hydrogens is 276 g/mol. The zero-order valence-corrected chi connectivity index (χ0v) is 12.5. The van der Waals surface area contributed by atoms with Crippen LogP contribution in [0.25, 0.3) is 0 Å². The van der Waals surface area contributed by atoms with E-state index in [4.69, 9.17) is 0 Å². The predicted octanol–water partition coefficient (Wildman–Crippen LogP) is 1.84. The Balaban J connectivity index is 2.26. The molecule has 0 spiro atoms. The van der Waals surface area contributed by atoms with Gasteiger partial charge in [-0.1, -0.05) is 13.0 Å². The van der Waals surface area contributed by atoms with Crippen LogP contribution in [-0.4, -0.2) is 32.5 Å². The lowest BCUT2D eigenvalue weighted by molar-refractivity contribution is 0.598. The van der Waals surface area contributed by atoms with Crippen LogP contribution in [0.15, 0.2) is 35.5 Å². The minimum absolute atomic E-state index is 0.0737. The van der Waals surface area contributed by atoms with Crippen LogP contribution in [-0.2, 0) is 16.4 Å². The van der Waals surface area contributed by atoms with Gasteiger partial charge >= 0.3 is 0 Å². The summed E-state index contributed by atoms with van der Waals surface area (Å²) in [5.41, 5.74) is 1.44. The number of rotatable bonds is 5. The number of anilines is 2. The Morgan fingerprint density at radius 2 is 2.10 bits per heavy atom. The molecule has 0 fully saturated rings. The fraction of sp³-hybridized carbons (Fsp3) is 0.308. The second-order valence-corrected chi connectivity index (χ2v) is 6.25.